The van der Waals surface area contributed by atoms with Crippen LogP contribution >= 0.6 is 0 Å². The molecule has 0 aromatic heterocycles. The Morgan fingerprint density at radius 3 is 2.19 bits per heavy atom. The first-order valence-electron chi connectivity index (χ1n) is 10.5. The Bertz CT molecular complexity index is 1270. The van der Waals surface area contributed by atoms with Gasteiger partial charge in [-0.15, -0.1) is 0 Å². The minimum Gasteiger partial charge on any atom is -0.292 e. The highest BCUT2D eigenvalue weighted by Gasteiger charge is 2.60. The second-order valence-corrected chi connectivity index (χ2v) is 10.5. The molecular formula is C26H22FNO3S. The summed E-state index contributed by atoms with van der Waals surface area (Å²) < 4.78 is 41.1. The fraction of sp³-hybridized carbons (Fsp3) is 0.192. The van der Waals surface area contributed by atoms with Crippen molar-refractivity contribution >= 4 is 15.6 Å². The second-order valence-electron chi connectivity index (χ2n) is 8.30. The van der Waals surface area contributed by atoms with Gasteiger partial charge in [-0.1, -0.05) is 66.7 Å². The van der Waals surface area contributed by atoms with Gasteiger partial charge >= 0.3 is 0 Å². The molecular weight excluding hydrogens is 425 g/mol. The lowest BCUT2D eigenvalue weighted by molar-refractivity contribution is -0.127. The number of hydrogen-bond donors (Lipinski definition) is 0. The Morgan fingerprint density at radius 2 is 1.53 bits per heavy atom. The molecule has 3 unspecified atom stereocenters. The predicted octanol–water partition coefficient (Wildman–Crippen LogP) is 4.28. The van der Waals surface area contributed by atoms with Crippen molar-refractivity contribution in [2.24, 2.45) is 0 Å². The minimum atomic E-state index is -3.72. The van der Waals surface area contributed by atoms with Crippen LogP contribution in [-0.2, 0) is 26.7 Å². The smallest absolute Gasteiger partial charge is 0.183 e. The summed E-state index contributed by atoms with van der Waals surface area (Å²) in [6, 6.07) is 23.4. The number of benzene rings is 3. The normalized spacial score (nSPS) is 25.2. The topological polar surface area (TPSA) is 54.5 Å². The molecule has 0 aliphatic carbocycles. The van der Waals surface area contributed by atoms with Crippen LogP contribution in [0.15, 0.2) is 102 Å². The van der Waals surface area contributed by atoms with Gasteiger partial charge in [0, 0.05) is 12.6 Å². The summed E-state index contributed by atoms with van der Waals surface area (Å²) in [5, 5.41) is -0.804. The van der Waals surface area contributed by atoms with Crippen LogP contribution in [0.5, 0.6) is 0 Å². The van der Waals surface area contributed by atoms with Crippen molar-refractivity contribution in [1.82, 2.24) is 4.90 Å². The van der Waals surface area contributed by atoms with Crippen molar-refractivity contribution in [3.8, 4) is 0 Å². The zero-order valence-corrected chi connectivity index (χ0v) is 18.1. The Balaban J connectivity index is 1.67. The summed E-state index contributed by atoms with van der Waals surface area (Å²) in [5.41, 5.74) is 0.417. The van der Waals surface area contributed by atoms with Gasteiger partial charge in [0.15, 0.2) is 15.6 Å². The number of halogens is 1. The molecule has 1 fully saturated rings. The van der Waals surface area contributed by atoms with Gasteiger partial charge < -0.3 is 0 Å². The molecule has 0 saturated carbocycles. The third-order valence-corrected chi connectivity index (χ3v) is 8.74. The molecule has 2 bridgehead atoms. The molecule has 0 radical (unpaired) electrons. The molecule has 162 valence electrons. The van der Waals surface area contributed by atoms with Crippen molar-refractivity contribution < 1.29 is 17.6 Å². The zero-order valence-electron chi connectivity index (χ0n) is 17.3. The van der Waals surface area contributed by atoms with Gasteiger partial charge in [-0.3, -0.25) is 9.69 Å². The summed E-state index contributed by atoms with van der Waals surface area (Å²) in [5.74, 6) is -0.580. The van der Waals surface area contributed by atoms with E-state index in [1.54, 1.807) is 48.5 Å². The number of carbonyl (C=O) groups is 1. The molecule has 0 N–H and O–H groups in total. The van der Waals surface area contributed by atoms with E-state index < -0.39 is 32.5 Å². The van der Waals surface area contributed by atoms with E-state index in [1.165, 1.54) is 18.2 Å². The van der Waals surface area contributed by atoms with Gasteiger partial charge in [-0.2, -0.15) is 0 Å². The standard InChI is InChI=1S/C26H22FNO3S/c27-21-13-11-20(12-14-21)26-17-24(32(30,31)22-9-5-2-6-10-22)23(15-16-25(26)29)28(26)18-19-7-3-1-4-8-19/h1-16,23-24H,17-18H2. The van der Waals surface area contributed by atoms with Crippen LogP contribution in [0.2, 0.25) is 0 Å². The summed E-state index contributed by atoms with van der Waals surface area (Å²) in [4.78, 5) is 15.7. The van der Waals surface area contributed by atoms with E-state index in [-0.39, 0.29) is 17.1 Å². The number of nitrogens with zero attached hydrogens (tertiary/aromatic N) is 1. The molecule has 32 heavy (non-hydrogen) atoms. The first-order valence-corrected chi connectivity index (χ1v) is 12.1. The van der Waals surface area contributed by atoms with E-state index in [9.17, 15) is 17.6 Å². The molecule has 3 aromatic carbocycles. The molecule has 2 heterocycles. The van der Waals surface area contributed by atoms with Crippen LogP contribution in [-0.4, -0.2) is 30.4 Å². The number of fused-ring (bicyclic) bond motifs is 2. The molecule has 2 aliphatic rings. The Labute approximate surface area is 186 Å². The Morgan fingerprint density at radius 1 is 0.906 bits per heavy atom. The van der Waals surface area contributed by atoms with Gasteiger partial charge in [0.05, 0.1) is 10.1 Å². The molecule has 4 nitrogen and oxygen atoms in total. The SMILES string of the molecule is O=C1C=CC2C(S(=O)(=O)c3ccccc3)CC1(c1ccc(F)cc1)N2Cc1ccccc1. The highest BCUT2D eigenvalue weighted by molar-refractivity contribution is 7.92. The molecule has 1 saturated heterocycles. The third-order valence-electron chi connectivity index (χ3n) is 6.57. The lowest BCUT2D eigenvalue weighted by Crippen LogP contribution is -2.51. The maximum absolute atomic E-state index is 13.7. The van der Waals surface area contributed by atoms with E-state index in [1.807, 2.05) is 35.2 Å². The van der Waals surface area contributed by atoms with Crippen LogP contribution in [0, 0.1) is 5.82 Å². The number of hydrogen-bond acceptors (Lipinski definition) is 4. The number of sulfone groups is 1. The maximum atomic E-state index is 13.7. The molecule has 0 amide bonds. The van der Waals surface area contributed by atoms with Crippen LogP contribution in [0.25, 0.3) is 0 Å². The van der Waals surface area contributed by atoms with Crippen LogP contribution in [0.4, 0.5) is 4.39 Å². The molecule has 3 atom stereocenters. The largest absolute Gasteiger partial charge is 0.292 e. The summed E-state index contributed by atoms with van der Waals surface area (Å²) in [6.07, 6.45) is 3.32. The fourth-order valence-corrected chi connectivity index (χ4v) is 6.98. The maximum Gasteiger partial charge on any atom is 0.183 e. The lowest BCUT2D eigenvalue weighted by atomic mass is 9.82. The van der Waals surface area contributed by atoms with Crippen LogP contribution in [0.3, 0.4) is 0 Å². The van der Waals surface area contributed by atoms with Crippen LogP contribution in [0.1, 0.15) is 17.5 Å². The zero-order chi connectivity index (χ0) is 22.3. The molecule has 6 heteroatoms. The Hall–Kier alpha value is -3.09. The van der Waals surface area contributed by atoms with Crippen LogP contribution < -0.4 is 0 Å². The van der Waals surface area contributed by atoms with Crippen molar-refractivity contribution in [3.05, 3.63) is 114 Å². The molecule has 0 spiro atoms. The van der Waals surface area contributed by atoms with E-state index in [4.69, 9.17) is 0 Å². The third kappa shape index (κ3) is 3.22. The van der Waals surface area contributed by atoms with Crippen molar-refractivity contribution in [1.29, 1.82) is 0 Å². The minimum absolute atomic E-state index is 0.110. The van der Waals surface area contributed by atoms with E-state index >= 15 is 0 Å². The highest BCUT2D eigenvalue weighted by Crippen LogP contribution is 2.50. The van der Waals surface area contributed by atoms with Gasteiger partial charge in [0.1, 0.15) is 11.4 Å². The summed E-state index contributed by atoms with van der Waals surface area (Å²) in [6.45, 7) is 0.403. The average Bonchev–Trinajstić information content (AvgIpc) is 3.05. The molecule has 3 aromatic rings. The van der Waals surface area contributed by atoms with E-state index in [0.717, 1.165) is 5.56 Å². The molecule has 5 rings (SSSR count). The Kier molecular flexibility index (Phi) is 5.07. The predicted molar refractivity (Wildman–Crippen MR) is 120 cm³/mol. The highest BCUT2D eigenvalue weighted by atomic mass is 32.2. The van der Waals surface area contributed by atoms with Gasteiger partial charge in [-0.05, 0) is 47.9 Å². The van der Waals surface area contributed by atoms with Gasteiger partial charge in [-0.25, -0.2) is 12.8 Å². The first kappa shape index (κ1) is 20.8. The van der Waals surface area contributed by atoms with Gasteiger partial charge in [0.25, 0.3) is 0 Å². The first-order chi connectivity index (χ1) is 15.4. The lowest BCUT2D eigenvalue weighted by Gasteiger charge is -2.41. The van der Waals surface area contributed by atoms with Crippen molar-refractivity contribution in [2.45, 2.75) is 34.7 Å². The molecule has 2 aliphatic heterocycles. The fourth-order valence-electron chi connectivity index (χ4n) is 5.03. The average molecular weight is 448 g/mol. The van der Waals surface area contributed by atoms with E-state index in [2.05, 4.69) is 0 Å². The quantitative estimate of drug-likeness (QED) is 0.586. The summed E-state index contributed by atoms with van der Waals surface area (Å²) in [7, 11) is -3.72. The summed E-state index contributed by atoms with van der Waals surface area (Å²) >= 11 is 0. The van der Waals surface area contributed by atoms with Crippen molar-refractivity contribution in [2.75, 3.05) is 0 Å². The van der Waals surface area contributed by atoms with Gasteiger partial charge in [0.2, 0.25) is 0 Å². The monoisotopic (exact) mass is 447 g/mol. The number of carbonyl (C=O) groups excluding carboxylic acids is 1. The van der Waals surface area contributed by atoms with Crippen molar-refractivity contribution in [3.63, 3.8) is 0 Å². The second kappa shape index (κ2) is 7.80. The van der Waals surface area contributed by atoms with E-state index in [0.29, 0.717) is 12.1 Å². The number of rotatable bonds is 5. The number of ketones is 1.